The Kier molecular flexibility index (Phi) is 6.11. The van der Waals surface area contributed by atoms with Gasteiger partial charge in [0.1, 0.15) is 19.8 Å². The van der Waals surface area contributed by atoms with Crippen LogP contribution in [0.25, 0.3) is 0 Å². The largest absolute Gasteiger partial charge is 0.486 e. The van der Waals surface area contributed by atoms with Crippen LogP contribution in [0.4, 0.5) is 11.4 Å². The summed E-state index contributed by atoms with van der Waals surface area (Å²) in [4.78, 5) is 22.9. The number of rotatable bonds is 7. The van der Waals surface area contributed by atoms with E-state index in [4.69, 9.17) is 9.47 Å². The number of sulfonamides is 1. The molecule has 160 valence electrons. The van der Waals surface area contributed by atoms with Gasteiger partial charge >= 0.3 is 0 Å². The third-order valence-corrected chi connectivity index (χ3v) is 5.60. The third kappa shape index (κ3) is 4.98. The molecule has 2 aromatic carbocycles. The van der Waals surface area contributed by atoms with Crippen LogP contribution in [0.3, 0.4) is 0 Å². The van der Waals surface area contributed by atoms with Gasteiger partial charge in [-0.15, -0.1) is 0 Å². The molecule has 1 atom stereocenters. The summed E-state index contributed by atoms with van der Waals surface area (Å²) >= 11 is 0. The van der Waals surface area contributed by atoms with Crippen molar-refractivity contribution in [1.29, 1.82) is 0 Å². The fraction of sp³-hybridized carbons (Fsp3) is 0.316. The van der Waals surface area contributed by atoms with E-state index in [0.717, 1.165) is 22.2 Å². The van der Waals surface area contributed by atoms with Crippen molar-refractivity contribution in [2.45, 2.75) is 13.0 Å². The molecule has 2 aromatic rings. The van der Waals surface area contributed by atoms with Gasteiger partial charge in [-0.2, -0.15) is 0 Å². The van der Waals surface area contributed by atoms with Crippen LogP contribution in [0.1, 0.15) is 18.5 Å². The summed E-state index contributed by atoms with van der Waals surface area (Å²) in [6.45, 7) is 2.14. The molecule has 1 N–H and O–H groups in total. The summed E-state index contributed by atoms with van der Waals surface area (Å²) in [6.07, 6.45) is 0.934. The molecule has 0 fully saturated rings. The van der Waals surface area contributed by atoms with E-state index >= 15 is 0 Å². The van der Waals surface area contributed by atoms with Gasteiger partial charge in [-0.25, -0.2) is 8.42 Å². The van der Waals surface area contributed by atoms with Crippen molar-refractivity contribution in [3.8, 4) is 11.5 Å². The molecular formula is C19H21N3O7S. The van der Waals surface area contributed by atoms with Crippen molar-refractivity contribution >= 4 is 27.3 Å². The zero-order valence-electron chi connectivity index (χ0n) is 16.4. The number of carbonyl (C=O) groups is 1. The van der Waals surface area contributed by atoms with Crippen LogP contribution in [0.2, 0.25) is 0 Å². The molecule has 10 nitrogen and oxygen atoms in total. The number of carbonyl (C=O) groups excluding carboxylic acids is 1. The molecule has 3 rings (SSSR count). The van der Waals surface area contributed by atoms with E-state index in [1.54, 1.807) is 25.1 Å². The summed E-state index contributed by atoms with van der Waals surface area (Å²) in [5, 5.41) is 13.7. The molecule has 30 heavy (non-hydrogen) atoms. The van der Waals surface area contributed by atoms with Crippen LogP contribution in [0.5, 0.6) is 11.5 Å². The quantitative estimate of drug-likeness (QED) is 0.520. The molecule has 0 saturated carbocycles. The maximum Gasteiger partial charge on any atom is 0.271 e. The molecule has 0 unspecified atom stereocenters. The van der Waals surface area contributed by atoms with Crippen LogP contribution in [0.15, 0.2) is 42.5 Å². The van der Waals surface area contributed by atoms with Crippen molar-refractivity contribution in [2.75, 3.05) is 30.3 Å². The van der Waals surface area contributed by atoms with Gasteiger partial charge in [0.15, 0.2) is 11.5 Å². The zero-order valence-corrected chi connectivity index (χ0v) is 17.2. The van der Waals surface area contributed by atoms with Crippen molar-refractivity contribution in [1.82, 2.24) is 5.32 Å². The zero-order chi connectivity index (χ0) is 21.9. The number of nitrogens with zero attached hydrogens (tertiary/aromatic N) is 2. The SMILES string of the molecule is C[C@@H](NC(=O)CN(c1cccc([N+](=O)[O-])c1)S(C)(=O)=O)c1ccc2c(c1)OCCO2. The second kappa shape index (κ2) is 8.57. The minimum Gasteiger partial charge on any atom is -0.486 e. The fourth-order valence-electron chi connectivity index (χ4n) is 2.99. The second-order valence-electron chi connectivity index (χ2n) is 6.74. The number of anilines is 1. The number of ether oxygens (including phenoxy) is 2. The number of hydrogen-bond acceptors (Lipinski definition) is 7. The molecular weight excluding hydrogens is 414 g/mol. The minimum atomic E-state index is -3.85. The lowest BCUT2D eigenvalue weighted by molar-refractivity contribution is -0.384. The molecule has 1 heterocycles. The van der Waals surface area contributed by atoms with E-state index in [0.29, 0.717) is 24.7 Å². The van der Waals surface area contributed by atoms with E-state index < -0.39 is 33.4 Å². The van der Waals surface area contributed by atoms with Gasteiger partial charge in [0, 0.05) is 12.1 Å². The van der Waals surface area contributed by atoms with E-state index in [-0.39, 0.29) is 11.4 Å². The predicted octanol–water partition coefficient (Wildman–Crippen LogP) is 2.01. The van der Waals surface area contributed by atoms with Crippen molar-refractivity contribution < 1.29 is 27.6 Å². The monoisotopic (exact) mass is 435 g/mol. The highest BCUT2D eigenvalue weighted by atomic mass is 32.2. The highest BCUT2D eigenvalue weighted by molar-refractivity contribution is 7.92. The van der Waals surface area contributed by atoms with E-state index in [9.17, 15) is 23.3 Å². The lowest BCUT2D eigenvalue weighted by Crippen LogP contribution is -2.41. The number of nitro benzene ring substituents is 1. The average molecular weight is 435 g/mol. The van der Waals surface area contributed by atoms with Gasteiger partial charge in [0.2, 0.25) is 15.9 Å². The number of nitro groups is 1. The Morgan fingerprint density at radius 2 is 1.90 bits per heavy atom. The highest BCUT2D eigenvalue weighted by Crippen LogP contribution is 2.32. The second-order valence-corrected chi connectivity index (χ2v) is 8.65. The van der Waals surface area contributed by atoms with Gasteiger partial charge in [-0.05, 0) is 30.7 Å². The number of nitrogens with one attached hydrogen (secondary N) is 1. The molecule has 0 spiro atoms. The fourth-order valence-corrected chi connectivity index (χ4v) is 3.84. The van der Waals surface area contributed by atoms with Crippen LogP contribution in [0, 0.1) is 10.1 Å². The summed E-state index contributed by atoms with van der Waals surface area (Å²) in [6, 6.07) is 9.97. The summed E-state index contributed by atoms with van der Waals surface area (Å²) in [5.41, 5.74) is 0.522. The Hall–Kier alpha value is -3.34. The van der Waals surface area contributed by atoms with Crippen molar-refractivity contribution in [3.05, 3.63) is 58.1 Å². The Morgan fingerprint density at radius 1 is 1.20 bits per heavy atom. The predicted molar refractivity (Wildman–Crippen MR) is 109 cm³/mol. The average Bonchev–Trinajstić information content (AvgIpc) is 2.70. The summed E-state index contributed by atoms with van der Waals surface area (Å²) < 4.78 is 36.3. The first-order valence-electron chi connectivity index (χ1n) is 9.06. The van der Waals surface area contributed by atoms with Gasteiger partial charge in [-0.1, -0.05) is 12.1 Å². The molecule has 1 aliphatic heterocycles. The maximum absolute atomic E-state index is 12.6. The van der Waals surface area contributed by atoms with E-state index in [1.165, 1.54) is 18.2 Å². The molecule has 0 saturated heterocycles. The molecule has 0 aromatic heterocycles. The summed E-state index contributed by atoms with van der Waals surface area (Å²) in [7, 11) is -3.85. The molecule has 1 aliphatic rings. The lowest BCUT2D eigenvalue weighted by Gasteiger charge is -2.24. The Balaban J connectivity index is 1.75. The van der Waals surface area contributed by atoms with E-state index in [1.807, 2.05) is 0 Å². The first-order chi connectivity index (χ1) is 14.1. The topological polar surface area (TPSA) is 128 Å². The number of non-ortho nitro benzene ring substituents is 1. The molecule has 1 amide bonds. The van der Waals surface area contributed by atoms with Crippen LogP contribution in [-0.2, 0) is 14.8 Å². The van der Waals surface area contributed by atoms with Crippen LogP contribution in [-0.4, -0.2) is 45.3 Å². The van der Waals surface area contributed by atoms with Crippen LogP contribution < -0.4 is 19.1 Å². The standard InChI is InChI=1S/C19H21N3O7S/c1-13(14-6-7-17-18(10-14)29-9-8-28-17)20-19(23)12-21(30(2,26)27)15-4-3-5-16(11-15)22(24)25/h3-7,10-11,13H,8-9,12H2,1-2H3,(H,20,23)/t13-/m1/s1. The first-order valence-corrected chi connectivity index (χ1v) is 10.9. The molecule has 11 heteroatoms. The third-order valence-electron chi connectivity index (χ3n) is 4.46. The van der Waals surface area contributed by atoms with Gasteiger partial charge in [0.25, 0.3) is 5.69 Å². The highest BCUT2D eigenvalue weighted by Gasteiger charge is 2.24. The smallest absolute Gasteiger partial charge is 0.271 e. The Morgan fingerprint density at radius 3 is 2.57 bits per heavy atom. The van der Waals surface area contributed by atoms with Gasteiger partial charge in [-0.3, -0.25) is 19.2 Å². The first kappa shape index (κ1) is 21.4. The van der Waals surface area contributed by atoms with Crippen molar-refractivity contribution in [3.63, 3.8) is 0 Å². The van der Waals surface area contributed by atoms with Crippen molar-refractivity contribution in [2.24, 2.45) is 0 Å². The van der Waals surface area contributed by atoms with Crippen LogP contribution >= 0.6 is 0 Å². The van der Waals surface area contributed by atoms with Gasteiger partial charge < -0.3 is 14.8 Å². The normalized spacial score (nSPS) is 13.9. The number of fused-ring (bicyclic) bond motifs is 1. The summed E-state index contributed by atoms with van der Waals surface area (Å²) in [5.74, 6) is 0.640. The minimum absolute atomic E-state index is 0.0360. The lowest BCUT2D eigenvalue weighted by atomic mass is 10.1. The molecule has 0 radical (unpaired) electrons. The van der Waals surface area contributed by atoms with Gasteiger partial charge in [0.05, 0.1) is 22.9 Å². The molecule has 0 aliphatic carbocycles. The van der Waals surface area contributed by atoms with E-state index in [2.05, 4.69) is 5.32 Å². The molecule has 0 bridgehead atoms. The Bertz CT molecular complexity index is 1070. The Labute approximate surface area is 173 Å². The number of hydrogen-bond donors (Lipinski definition) is 1. The number of amides is 1. The number of benzene rings is 2. The maximum atomic E-state index is 12.6.